The number of fused-ring (bicyclic) bond motifs is 3. The summed E-state index contributed by atoms with van der Waals surface area (Å²) in [6, 6.07) is 4.77. The summed E-state index contributed by atoms with van der Waals surface area (Å²) in [6.07, 6.45) is 9.42. The van der Waals surface area contributed by atoms with Crippen molar-refractivity contribution in [3.05, 3.63) is 46.1 Å². The first-order valence-electron chi connectivity index (χ1n) is 10.8. The number of carbonyl (C=O) groups is 1. The minimum atomic E-state index is -0.238. The van der Waals surface area contributed by atoms with Gasteiger partial charge < -0.3 is 4.90 Å². The highest BCUT2D eigenvalue weighted by atomic mass is 16.2. The summed E-state index contributed by atoms with van der Waals surface area (Å²) in [5.74, 6) is 0.349. The van der Waals surface area contributed by atoms with Gasteiger partial charge in [0.1, 0.15) is 5.52 Å². The Balaban J connectivity index is 1.29. The fraction of sp³-hybridized carbons (Fsp3) is 0.524. The zero-order valence-corrected chi connectivity index (χ0v) is 17.0. The Kier molecular flexibility index (Phi) is 3.89. The van der Waals surface area contributed by atoms with E-state index in [1.807, 2.05) is 6.92 Å². The van der Waals surface area contributed by atoms with Gasteiger partial charge in [-0.2, -0.15) is 5.10 Å². The van der Waals surface area contributed by atoms with E-state index < -0.39 is 0 Å². The fourth-order valence-electron chi connectivity index (χ4n) is 5.32. The van der Waals surface area contributed by atoms with Crippen LogP contribution in [0.25, 0.3) is 11.5 Å². The lowest BCUT2D eigenvalue weighted by molar-refractivity contribution is 0.0168. The Morgan fingerprint density at radius 1 is 1.13 bits per heavy atom. The monoisotopic (exact) mass is 407 g/mol. The van der Waals surface area contributed by atoms with E-state index in [0.717, 1.165) is 32.0 Å². The fourth-order valence-corrected chi connectivity index (χ4v) is 5.32. The second-order valence-electron chi connectivity index (χ2n) is 8.81. The van der Waals surface area contributed by atoms with Crippen molar-refractivity contribution in [2.75, 3.05) is 13.1 Å². The van der Waals surface area contributed by atoms with Gasteiger partial charge in [0.05, 0.1) is 17.5 Å². The number of hydrogen-bond acceptors (Lipinski definition) is 5. The number of rotatable bonds is 3. The summed E-state index contributed by atoms with van der Waals surface area (Å²) < 4.78 is 3.07. The van der Waals surface area contributed by atoms with Crippen LogP contribution in [0.3, 0.4) is 0 Å². The van der Waals surface area contributed by atoms with Gasteiger partial charge >= 0.3 is 0 Å². The molecule has 2 unspecified atom stereocenters. The largest absolute Gasteiger partial charge is 0.330 e. The molecule has 3 fully saturated rings. The molecule has 6 rings (SSSR count). The third-order valence-corrected chi connectivity index (χ3v) is 7.17. The smallest absolute Gasteiger partial charge is 0.276 e. The molecule has 1 aliphatic carbocycles. The highest BCUT2D eigenvalue weighted by Gasteiger charge is 2.45. The normalized spacial score (nSPS) is 24.5. The number of aromatic amines is 1. The van der Waals surface area contributed by atoms with Gasteiger partial charge in [-0.15, -0.1) is 5.10 Å². The van der Waals surface area contributed by atoms with Crippen molar-refractivity contribution in [3.8, 4) is 5.95 Å². The zero-order valence-electron chi connectivity index (χ0n) is 17.0. The first-order valence-corrected chi connectivity index (χ1v) is 10.8. The molecule has 3 aromatic heterocycles. The van der Waals surface area contributed by atoms with Gasteiger partial charge in [-0.1, -0.05) is 6.42 Å². The van der Waals surface area contributed by atoms with E-state index in [1.165, 1.54) is 23.8 Å². The topological polar surface area (TPSA) is 91.5 Å². The van der Waals surface area contributed by atoms with E-state index in [-0.39, 0.29) is 23.6 Å². The molecule has 2 saturated heterocycles. The maximum atomic E-state index is 13.5. The van der Waals surface area contributed by atoms with Gasteiger partial charge in [0.15, 0.2) is 0 Å². The minimum absolute atomic E-state index is 0.0453. The Morgan fingerprint density at radius 2 is 1.90 bits per heavy atom. The summed E-state index contributed by atoms with van der Waals surface area (Å²) in [4.78, 5) is 33.2. The number of amides is 1. The van der Waals surface area contributed by atoms with E-state index in [4.69, 9.17) is 0 Å². The number of hydrogen-bond donors (Lipinski definition) is 1. The van der Waals surface area contributed by atoms with Crippen LogP contribution >= 0.6 is 0 Å². The molecular formula is C21H25N7O2. The molecule has 2 aliphatic heterocycles. The van der Waals surface area contributed by atoms with E-state index in [9.17, 15) is 9.59 Å². The number of carbonyl (C=O) groups excluding carboxylic acids is 1. The molecule has 0 spiro atoms. The molecule has 2 atom stereocenters. The summed E-state index contributed by atoms with van der Waals surface area (Å²) in [7, 11) is 0. The lowest BCUT2D eigenvalue weighted by Crippen LogP contribution is -2.59. The SMILES string of the molecule is Cc1c(C(=O)N2C3CCC2CN(C2CCC2)C3)cnn1-c1nn2cccc2c(=O)[nH]1. The van der Waals surface area contributed by atoms with Gasteiger partial charge in [0.25, 0.3) is 11.5 Å². The van der Waals surface area contributed by atoms with Crippen LogP contribution in [-0.2, 0) is 0 Å². The van der Waals surface area contributed by atoms with Crippen LogP contribution in [0.5, 0.6) is 0 Å². The molecule has 3 aliphatic rings. The highest BCUT2D eigenvalue weighted by molar-refractivity contribution is 5.96. The molecule has 156 valence electrons. The van der Waals surface area contributed by atoms with E-state index in [1.54, 1.807) is 29.2 Å². The number of nitrogens with one attached hydrogen (secondary N) is 1. The number of aromatic nitrogens is 5. The molecule has 1 N–H and O–H groups in total. The third kappa shape index (κ3) is 2.57. The second-order valence-corrected chi connectivity index (χ2v) is 8.81. The Morgan fingerprint density at radius 3 is 2.60 bits per heavy atom. The van der Waals surface area contributed by atoms with E-state index in [2.05, 4.69) is 25.0 Å². The molecular weight excluding hydrogens is 382 g/mol. The van der Waals surface area contributed by atoms with Crippen molar-refractivity contribution in [1.82, 2.24) is 34.2 Å². The quantitative estimate of drug-likeness (QED) is 0.708. The van der Waals surface area contributed by atoms with Gasteiger partial charge in [-0.25, -0.2) is 9.20 Å². The molecule has 0 radical (unpaired) electrons. The maximum Gasteiger partial charge on any atom is 0.276 e. The number of H-pyrrole nitrogens is 1. The van der Waals surface area contributed by atoms with Crippen molar-refractivity contribution < 1.29 is 4.79 Å². The van der Waals surface area contributed by atoms with Crippen molar-refractivity contribution >= 4 is 11.4 Å². The highest BCUT2D eigenvalue weighted by Crippen LogP contribution is 2.36. The lowest BCUT2D eigenvalue weighted by atomic mass is 9.90. The van der Waals surface area contributed by atoms with Crippen LogP contribution in [0.2, 0.25) is 0 Å². The van der Waals surface area contributed by atoms with Crippen molar-refractivity contribution in [2.45, 2.75) is 57.2 Å². The second kappa shape index (κ2) is 6.53. The first-order chi connectivity index (χ1) is 14.6. The van der Waals surface area contributed by atoms with Crippen LogP contribution < -0.4 is 5.56 Å². The summed E-state index contributed by atoms with van der Waals surface area (Å²) >= 11 is 0. The Bertz CT molecular complexity index is 1170. The predicted molar refractivity (Wildman–Crippen MR) is 110 cm³/mol. The molecule has 1 amide bonds. The van der Waals surface area contributed by atoms with Crippen LogP contribution in [0.4, 0.5) is 0 Å². The Labute approximate surface area is 173 Å². The van der Waals surface area contributed by atoms with Crippen LogP contribution in [-0.4, -0.2) is 71.3 Å². The van der Waals surface area contributed by atoms with E-state index >= 15 is 0 Å². The van der Waals surface area contributed by atoms with E-state index in [0.29, 0.717) is 22.7 Å². The van der Waals surface area contributed by atoms with Crippen molar-refractivity contribution in [3.63, 3.8) is 0 Å². The van der Waals surface area contributed by atoms with Crippen molar-refractivity contribution in [2.24, 2.45) is 0 Å². The predicted octanol–water partition coefficient (Wildman–Crippen LogP) is 1.36. The lowest BCUT2D eigenvalue weighted by Gasteiger charge is -2.46. The van der Waals surface area contributed by atoms with Gasteiger partial charge in [0, 0.05) is 37.4 Å². The summed E-state index contributed by atoms with van der Waals surface area (Å²) in [5, 5.41) is 8.81. The molecule has 9 heteroatoms. The molecule has 3 aromatic rings. The molecule has 30 heavy (non-hydrogen) atoms. The van der Waals surface area contributed by atoms with Crippen molar-refractivity contribution in [1.29, 1.82) is 0 Å². The first kappa shape index (κ1) is 17.9. The number of piperazine rings is 1. The number of nitrogens with zero attached hydrogens (tertiary/aromatic N) is 6. The molecule has 2 bridgehead atoms. The molecule has 1 saturated carbocycles. The average Bonchev–Trinajstić information content (AvgIpc) is 3.36. The Hall–Kier alpha value is -2.94. The van der Waals surface area contributed by atoms with Gasteiger partial charge in [-0.05, 0) is 44.7 Å². The molecule has 0 aromatic carbocycles. The third-order valence-electron chi connectivity index (χ3n) is 7.17. The van der Waals surface area contributed by atoms with Crippen LogP contribution in [0, 0.1) is 6.92 Å². The van der Waals surface area contributed by atoms with Gasteiger partial charge in [-0.3, -0.25) is 19.5 Å². The summed E-state index contributed by atoms with van der Waals surface area (Å²) in [6.45, 7) is 3.82. The maximum absolute atomic E-state index is 13.5. The van der Waals surface area contributed by atoms with Gasteiger partial charge in [0.2, 0.25) is 5.95 Å². The minimum Gasteiger partial charge on any atom is -0.330 e. The number of likely N-dealkylation sites (tertiary alicyclic amines) is 1. The average molecular weight is 407 g/mol. The molecule has 5 heterocycles. The van der Waals surface area contributed by atoms with Crippen LogP contribution in [0.15, 0.2) is 29.3 Å². The summed E-state index contributed by atoms with van der Waals surface area (Å²) in [5.41, 5.74) is 1.51. The molecule has 9 nitrogen and oxygen atoms in total. The zero-order chi connectivity index (χ0) is 20.4. The standard InChI is InChI=1S/C21H25N7O2/c1-13-17(10-22-28(13)21-23-19(29)18-6-3-9-26(18)24-21)20(30)27-15-7-8-16(27)12-25(11-15)14-4-2-5-14/h3,6,9-10,14-16H,2,4-5,7-8,11-12H2,1H3,(H,23,24,29). The van der Waals surface area contributed by atoms with Crippen LogP contribution in [0.1, 0.15) is 48.2 Å².